The highest BCUT2D eigenvalue weighted by atomic mass is 35.5. The Hall–Kier alpha value is -1.45. The Balaban J connectivity index is 2.22. The Morgan fingerprint density at radius 2 is 2.00 bits per heavy atom. The van der Waals surface area contributed by atoms with Crippen LogP contribution in [-0.2, 0) is 5.75 Å². The van der Waals surface area contributed by atoms with E-state index >= 15 is 0 Å². The minimum atomic E-state index is 0.0525. The maximum absolute atomic E-state index is 11.5. The van der Waals surface area contributed by atoms with Crippen molar-refractivity contribution in [2.75, 3.05) is 7.11 Å². The minimum absolute atomic E-state index is 0.0525. The molecule has 0 saturated carbocycles. The van der Waals surface area contributed by atoms with E-state index in [2.05, 4.69) is 0 Å². The maximum Gasteiger partial charge on any atom is 0.159 e. The molecule has 0 heterocycles. The van der Waals surface area contributed by atoms with Crippen molar-refractivity contribution < 1.29 is 9.53 Å². The van der Waals surface area contributed by atoms with Gasteiger partial charge < -0.3 is 4.74 Å². The number of ketones is 1. The Morgan fingerprint density at radius 3 is 2.65 bits per heavy atom. The molecule has 0 aliphatic rings. The van der Waals surface area contributed by atoms with Crippen molar-refractivity contribution in [1.29, 1.82) is 0 Å². The van der Waals surface area contributed by atoms with Gasteiger partial charge in [-0.1, -0.05) is 23.7 Å². The van der Waals surface area contributed by atoms with Gasteiger partial charge in [-0.05, 0) is 37.3 Å². The molecule has 2 rings (SSSR count). The molecule has 2 aromatic rings. The minimum Gasteiger partial charge on any atom is -0.496 e. The van der Waals surface area contributed by atoms with Crippen LogP contribution in [0.5, 0.6) is 5.75 Å². The van der Waals surface area contributed by atoms with Crippen LogP contribution in [0.3, 0.4) is 0 Å². The molecule has 4 heteroatoms. The third-order valence-corrected chi connectivity index (χ3v) is 4.47. The summed E-state index contributed by atoms with van der Waals surface area (Å²) in [6, 6.07) is 13.2. The molecule has 0 radical (unpaired) electrons. The van der Waals surface area contributed by atoms with Gasteiger partial charge in [0, 0.05) is 21.8 Å². The van der Waals surface area contributed by atoms with Crippen LogP contribution in [-0.4, -0.2) is 12.9 Å². The fraction of sp³-hybridized carbons (Fsp3) is 0.188. The summed E-state index contributed by atoms with van der Waals surface area (Å²) in [5, 5.41) is 0.735. The zero-order valence-electron chi connectivity index (χ0n) is 11.4. The molecule has 0 N–H and O–H groups in total. The quantitative estimate of drug-likeness (QED) is 0.584. The molecule has 104 valence electrons. The monoisotopic (exact) mass is 306 g/mol. The zero-order chi connectivity index (χ0) is 14.5. The highest BCUT2D eigenvalue weighted by Crippen LogP contribution is 2.32. The molecule has 0 amide bonds. The van der Waals surface area contributed by atoms with E-state index < -0.39 is 0 Å². The molecule has 0 saturated heterocycles. The fourth-order valence-corrected chi connectivity index (χ4v) is 3.04. The van der Waals surface area contributed by atoms with Crippen LogP contribution < -0.4 is 4.74 Å². The third-order valence-electron chi connectivity index (χ3n) is 2.91. The van der Waals surface area contributed by atoms with Crippen molar-refractivity contribution in [3.05, 3.63) is 58.6 Å². The molecule has 0 aliphatic heterocycles. The SMILES string of the molecule is COc1ccc(C(C)=O)cc1CSc1ccccc1Cl. The summed E-state index contributed by atoms with van der Waals surface area (Å²) < 4.78 is 5.34. The first-order valence-electron chi connectivity index (χ1n) is 6.17. The molecule has 2 nitrogen and oxygen atoms in total. The highest BCUT2D eigenvalue weighted by molar-refractivity contribution is 7.98. The van der Waals surface area contributed by atoms with Gasteiger partial charge in [-0.15, -0.1) is 11.8 Å². The second-order valence-corrected chi connectivity index (χ2v) is 5.73. The van der Waals surface area contributed by atoms with Crippen LogP contribution in [0.4, 0.5) is 0 Å². The highest BCUT2D eigenvalue weighted by Gasteiger charge is 2.09. The van der Waals surface area contributed by atoms with Crippen LogP contribution in [0, 0.1) is 0 Å². The molecule has 0 spiro atoms. The van der Waals surface area contributed by atoms with Gasteiger partial charge in [0.2, 0.25) is 0 Å². The summed E-state index contributed by atoms with van der Waals surface area (Å²) in [5.74, 6) is 1.54. The van der Waals surface area contributed by atoms with Crippen molar-refractivity contribution >= 4 is 29.1 Å². The van der Waals surface area contributed by atoms with E-state index in [1.807, 2.05) is 36.4 Å². The van der Waals surface area contributed by atoms with Crippen molar-refractivity contribution in [2.45, 2.75) is 17.6 Å². The normalized spacial score (nSPS) is 10.3. The van der Waals surface area contributed by atoms with E-state index in [0.29, 0.717) is 11.3 Å². The number of hydrogen-bond donors (Lipinski definition) is 0. The standard InChI is InChI=1S/C16H15ClO2S/c1-11(18)12-7-8-15(19-2)13(9-12)10-20-16-6-4-3-5-14(16)17/h3-9H,10H2,1-2H3. The van der Waals surface area contributed by atoms with Crippen LogP contribution in [0.2, 0.25) is 5.02 Å². The van der Waals surface area contributed by atoms with Gasteiger partial charge in [0.05, 0.1) is 12.1 Å². The largest absolute Gasteiger partial charge is 0.496 e. The van der Waals surface area contributed by atoms with E-state index in [1.54, 1.807) is 31.9 Å². The lowest BCUT2D eigenvalue weighted by Gasteiger charge is -2.10. The van der Waals surface area contributed by atoms with Crippen molar-refractivity contribution in [1.82, 2.24) is 0 Å². The van der Waals surface area contributed by atoms with Gasteiger partial charge in [-0.3, -0.25) is 4.79 Å². The zero-order valence-corrected chi connectivity index (χ0v) is 12.9. The molecule has 0 fully saturated rings. The lowest BCUT2D eigenvalue weighted by Crippen LogP contribution is -1.97. The van der Waals surface area contributed by atoms with Gasteiger partial charge in [-0.25, -0.2) is 0 Å². The molecular weight excluding hydrogens is 292 g/mol. The second-order valence-electron chi connectivity index (χ2n) is 4.30. The van der Waals surface area contributed by atoms with Crippen LogP contribution in [0.15, 0.2) is 47.4 Å². The lowest BCUT2D eigenvalue weighted by molar-refractivity contribution is 0.101. The van der Waals surface area contributed by atoms with Gasteiger partial charge in [-0.2, -0.15) is 0 Å². The number of rotatable bonds is 5. The number of carbonyl (C=O) groups is 1. The number of thioether (sulfide) groups is 1. The van der Waals surface area contributed by atoms with Gasteiger partial charge in [0.1, 0.15) is 5.75 Å². The summed E-state index contributed by atoms with van der Waals surface area (Å²) in [5.41, 5.74) is 1.69. The smallest absolute Gasteiger partial charge is 0.159 e. The molecule has 0 bridgehead atoms. The van der Waals surface area contributed by atoms with E-state index in [1.165, 1.54) is 0 Å². The topological polar surface area (TPSA) is 26.3 Å². The molecule has 0 aromatic heterocycles. The second kappa shape index (κ2) is 6.82. The van der Waals surface area contributed by atoms with Crippen LogP contribution in [0.25, 0.3) is 0 Å². The number of Topliss-reactive ketones (excluding diaryl/α,β-unsaturated/α-hetero) is 1. The first-order valence-corrected chi connectivity index (χ1v) is 7.53. The maximum atomic E-state index is 11.5. The molecule has 0 unspecified atom stereocenters. The molecule has 20 heavy (non-hydrogen) atoms. The Morgan fingerprint density at radius 1 is 1.25 bits per heavy atom. The fourth-order valence-electron chi connectivity index (χ4n) is 1.83. The number of methoxy groups -OCH3 is 1. The Kier molecular flexibility index (Phi) is 5.10. The summed E-state index contributed by atoms with van der Waals surface area (Å²) in [7, 11) is 1.63. The molecular formula is C16H15ClO2S. The third kappa shape index (κ3) is 3.56. The first-order chi connectivity index (χ1) is 9.61. The number of ether oxygens (including phenoxy) is 1. The van der Waals surface area contributed by atoms with Crippen LogP contribution in [0.1, 0.15) is 22.8 Å². The summed E-state index contributed by atoms with van der Waals surface area (Å²) >= 11 is 7.77. The van der Waals surface area contributed by atoms with Crippen molar-refractivity contribution in [3.63, 3.8) is 0 Å². The number of halogens is 1. The molecule has 0 aliphatic carbocycles. The van der Waals surface area contributed by atoms with E-state index in [4.69, 9.17) is 16.3 Å². The van der Waals surface area contributed by atoms with Gasteiger partial charge in [0.15, 0.2) is 5.78 Å². The van der Waals surface area contributed by atoms with E-state index in [9.17, 15) is 4.79 Å². The van der Waals surface area contributed by atoms with Gasteiger partial charge in [0.25, 0.3) is 0 Å². The number of benzene rings is 2. The predicted octanol–water partition coefficient (Wildman–Crippen LogP) is 4.84. The lowest BCUT2D eigenvalue weighted by atomic mass is 10.1. The Labute approximate surface area is 128 Å². The average molecular weight is 307 g/mol. The molecule has 2 aromatic carbocycles. The van der Waals surface area contributed by atoms with Crippen LogP contribution >= 0.6 is 23.4 Å². The molecule has 0 atom stereocenters. The van der Waals surface area contributed by atoms with E-state index in [0.717, 1.165) is 21.2 Å². The predicted molar refractivity (Wildman–Crippen MR) is 84.0 cm³/mol. The Bertz CT molecular complexity index is 626. The first kappa shape index (κ1) is 14.9. The summed E-state index contributed by atoms with van der Waals surface area (Å²) in [6.07, 6.45) is 0. The van der Waals surface area contributed by atoms with Gasteiger partial charge >= 0.3 is 0 Å². The van der Waals surface area contributed by atoms with E-state index in [-0.39, 0.29) is 5.78 Å². The number of carbonyl (C=O) groups excluding carboxylic acids is 1. The average Bonchev–Trinajstić information content (AvgIpc) is 2.46. The van der Waals surface area contributed by atoms with Crippen molar-refractivity contribution in [3.8, 4) is 5.75 Å². The summed E-state index contributed by atoms with van der Waals surface area (Å²) in [6.45, 7) is 1.56. The number of hydrogen-bond acceptors (Lipinski definition) is 3. The van der Waals surface area contributed by atoms with Crippen molar-refractivity contribution in [2.24, 2.45) is 0 Å². The summed E-state index contributed by atoms with van der Waals surface area (Å²) in [4.78, 5) is 12.5.